The summed E-state index contributed by atoms with van der Waals surface area (Å²) in [7, 11) is -16.9. The molecule has 0 aromatic carbocycles. The highest BCUT2D eigenvalue weighted by atomic mass is 32.1. The van der Waals surface area contributed by atoms with Crippen LogP contribution in [0.15, 0.2) is 24.4 Å². The topological polar surface area (TPSA) is 225 Å². The average Bonchev–Trinajstić information content (AvgIpc) is 2.85. The van der Waals surface area contributed by atoms with Crippen LogP contribution in [0.4, 0.5) is 4.39 Å². The Balaban J connectivity index is 2.17. The summed E-state index contributed by atoms with van der Waals surface area (Å²) in [6.07, 6.45) is 0.571. The lowest BCUT2D eigenvalue weighted by atomic mass is 9.94. The molecule has 2 aliphatic rings. The van der Waals surface area contributed by atoms with Crippen LogP contribution in [0.2, 0.25) is 0 Å². The minimum atomic E-state index is -5.77. The first-order valence-electron chi connectivity index (χ1n) is 7.89. The van der Waals surface area contributed by atoms with Gasteiger partial charge in [-0.15, -0.1) is 6.42 Å². The molecule has 1 saturated heterocycles. The van der Waals surface area contributed by atoms with Crippen LogP contribution in [0.25, 0.3) is 0 Å². The van der Waals surface area contributed by atoms with Crippen molar-refractivity contribution < 1.29 is 65.8 Å². The first-order valence-corrected chi connectivity index (χ1v) is 12.8. The van der Waals surface area contributed by atoms with Crippen LogP contribution in [0.3, 0.4) is 0 Å². The fourth-order valence-electron chi connectivity index (χ4n) is 2.53. The van der Waals surface area contributed by atoms with Gasteiger partial charge in [0.2, 0.25) is 0 Å². The lowest BCUT2D eigenvalue weighted by Gasteiger charge is -2.37. The molecule has 6 unspecified atom stereocenters. The van der Waals surface area contributed by atoms with Crippen molar-refractivity contribution in [3.05, 3.63) is 24.4 Å². The van der Waals surface area contributed by atoms with Gasteiger partial charge in [-0.3, -0.25) is 4.52 Å². The zero-order valence-corrected chi connectivity index (χ0v) is 18.9. The maximum atomic E-state index is 13.9. The molecule has 0 aromatic heterocycles. The zero-order chi connectivity index (χ0) is 24.7. The second kappa shape index (κ2) is 9.30. The summed E-state index contributed by atoms with van der Waals surface area (Å²) in [6.45, 7) is 2.41. The third kappa shape index (κ3) is 6.29. The largest absolute Gasteiger partial charge is 0.490 e. The fraction of sp³-hybridized carbons (Fsp3) is 0.417. The Bertz CT molecular complexity index is 1030. The first-order chi connectivity index (χ1) is 14.4. The van der Waals surface area contributed by atoms with Gasteiger partial charge in [0.15, 0.2) is 17.7 Å². The lowest BCUT2D eigenvalue weighted by molar-refractivity contribution is -0.0919. The molecule has 2 aliphatic heterocycles. The molecule has 180 valence electrons. The number of terminal acetylenes is 1. The molecule has 6 atom stereocenters. The van der Waals surface area contributed by atoms with Gasteiger partial charge >= 0.3 is 23.5 Å². The number of nitrogens with zero attached hydrogens (tertiary/aromatic N) is 1. The van der Waals surface area contributed by atoms with Crippen LogP contribution in [-0.4, -0.2) is 70.3 Å². The maximum absolute atomic E-state index is 13.9. The SMILES string of the molecule is C#CC1(O)C(O)C(COP(=O)(O)OP(=O)(O)OP(=O)(O)O)OC1N1C=C(F)C(=S)NC1=C. The number of nitrogens with one attached hydrogen (secondary N) is 1. The Hall–Kier alpha value is -1.05. The number of aliphatic hydroxyl groups excluding tert-OH is 1. The molecule has 0 bridgehead atoms. The van der Waals surface area contributed by atoms with Gasteiger partial charge in [-0.2, -0.15) is 8.62 Å². The second-order valence-corrected chi connectivity index (χ2v) is 10.9. The predicted molar refractivity (Wildman–Crippen MR) is 104 cm³/mol. The smallest absolute Gasteiger partial charge is 0.386 e. The van der Waals surface area contributed by atoms with Crippen molar-refractivity contribution in [2.75, 3.05) is 6.61 Å². The fourth-order valence-corrected chi connectivity index (χ4v) is 5.73. The highest BCUT2D eigenvalue weighted by Gasteiger charge is 2.58. The molecule has 0 saturated carbocycles. The molecule has 0 aromatic rings. The molecule has 2 heterocycles. The number of thiocarbonyl (C=S) groups is 1. The van der Waals surface area contributed by atoms with Crippen molar-refractivity contribution in [3.63, 3.8) is 0 Å². The summed E-state index contributed by atoms with van der Waals surface area (Å²) in [4.78, 5) is 36.1. The minimum absolute atomic E-state index is 0.115. The van der Waals surface area contributed by atoms with Crippen LogP contribution in [0.1, 0.15) is 0 Å². The Morgan fingerprint density at radius 1 is 1.31 bits per heavy atom. The Kier molecular flexibility index (Phi) is 7.90. The van der Waals surface area contributed by atoms with Gasteiger partial charge in [0.25, 0.3) is 0 Å². The molecule has 0 spiro atoms. The number of rotatable bonds is 8. The maximum Gasteiger partial charge on any atom is 0.490 e. The van der Waals surface area contributed by atoms with E-state index in [2.05, 4.69) is 25.0 Å². The standard InChI is InChI=1S/C12H16FN2O13P3S/c1-3-12(17)9(16)8(26-11(12)15-4-7(13)10(32)14-6(15)2)5-25-30(21,22)28-31(23,24)27-29(18,19)20/h1,4,8-9,11,16-17H,2,5H2,(H,14,32)(H,21,22)(H,23,24)(H2,18,19,20). The average molecular weight is 540 g/mol. The van der Waals surface area contributed by atoms with Crippen molar-refractivity contribution in [3.8, 4) is 12.3 Å². The van der Waals surface area contributed by atoms with Gasteiger partial charge in [0.1, 0.15) is 23.0 Å². The van der Waals surface area contributed by atoms with E-state index in [-0.39, 0.29) is 10.8 Å². The minimum Gasteiger partial charge on any atom is -0.386 e. The van der Waals surface area contributed by atoms with E-state index < -0.39 is 59.9 Å². The third-order valence-corrected chi connectivity index (χ3v) is 7.92. The van der Waals surface area contributed by atoms with Gasteiger partial charge in [0.05, 0.1) is 6.61 Å². The van der Waals surface area contributed by atoms with Crippen molar-refractivity contribution in [2.45, 2.75) is 24.0 Å². The summed E-state index contributed by atoms with van der Waals surface area (Å²) >= 11 is 4.69. The molecule has 0 radical (unpaired) electrons. The zero-order valence-electron chi connectivity index (χ0n) is 15.4. The van der Waals surface area contributed by atoms with Crippen LogP contribution in [0, 0.1) is 12.3 Å². The number of phosphoric acid groups is 3. The normalized spacial score (nSPS) is 32.5. The van der Waals surface area contributed by atoms with Gasteiger partial charge in [-0.1, -0.05) is 24.7 Å². The highest BCUT2D eigenvalue weighted by Crippen LogP contribution is 2.66. The van der Waals surface area contributed by atoms with Crippen molar-refractivity contribution in [1.29, 1.82) is 0 Å². The number of ether oxygens (including phenoxy) is 1. The van der Waals surface area contributed by atoms with Crippen LogP contribution >= 0.6 is 35.7 Å². The van der Waals surface area contributed by atoms with Gasteiger partial charge in [-0.05, 0) is 0 Å². The Labute approximate surface area is 184 Å². The quantitative estimate of drug-likeness (QED) is 0.115. The van der Waals surface area contributed by atoms with Gasteiger partial charge < -0.3 is 44.7 Å². The van der Waals surface area contributed by atoms with Crippen LogP contribution in [-0.2, 0) is 31.6 Å². The van der Waals surface area contributed by atoms with Gasteiger partial charge in [0, 0.05) is 6.20 Å². The molecule has 0 aliphatic carbocycles. The second-order valence-electron chi connectivity index (χ2n) is 6.11. The van der Waals surface area contributed by atoms with E-state index in [1.807, 2.05) is 5.92 Å². The summed E-state index contributed by atoms with van der Waals surface area (Å²) in [5, 5.41) is 23.3. The Morgan fingerprint density at radius 3 is 2.44 bits per heavy atom. The Morgan fingerprint density at radius 2 is 1.91 bits per heavy atom. The molecule has 15 nitrogen and oxygen atoms in total. The number of halogens is 1. The molecule has 2 rings (SSSR count). The predicted octanol–water partition coefficient (Wildman–Crippen LogP) is -0.706. The molecule has 1 fully saturated rings. The summed E-state index contributed by atoms with van der Waals surface area (Å²) in [5.74, 6) is 0.765. The lowest BCUT2D eigenvalue weighted by Crippen LogP contribution is -2.55. The molecule has 7 N–H and O–H groups in total. The highest BCUT2D eigenvalue weighted by molar-refractivity contribution is 7.80. The molecular formula is C12H16FN2O13P3S. The van der Waals surface area contributed by atoms with Crippen molar-refractivity contribution in [2.24, 2.45) is 0 Å². The molecule has 20 heteroatoms. The molecule has 0 amide bonds. The number of aliphatic hydroxyl groups is 2. The van der Waals surface area contributed by atoms with E-state index in [1.165, 1.54) is 0 Å². The number of hydrogen-bond acceptors (Lipinski definition) is 11. The van der Waals surface area contributed by atoms with Crippen molar-refractivity contribution in [1.82, 2.24) is 10.2 Å². The summed E-state index contributed by atoms with van der Waals surface area (Å²) in [6, 6.07) is 0. The molecular weight excluding hydrogens is 524 g/mol. The van der Waals surface area contributed by atoms with E-state index in [4.69, 9.17) is 38.1 Å². The third-order valence-electron chi connectivity index (χ3n) is 3.82. The molecule has 32 heavy (non-hydrogen) atoms. The van der Waals surface area contributed by atoms with E-state index in [9.17, 15) is 33.2 Å². The first kappa shape index (κ1) is 27.2. The van der Waals surface area contributed by atoms with Gasteiger partial charge in [-0.25, -0.2) is 18.1 Å². The van der Waals surface area contributed by atoms with Crippen molar-refractivity contribution >= 4 is 40.7 Å². The van der Waals surface area contributed by atoms with E-state index in [0.717, 1.165) is 11.1 Å². The van der Waals surface area contributed by atoms with Crippen LogP contribution in [0.5, 0.6) is 0 Å². The number of hydrogen-bond donors (Lipinski definition) is 7. The summed E-state index contributed by atoms with van der Waals surface area (Å²) < 4.78 is 64.4. The van der Waals surface area contributed by atoms with E-state index in [0.29, 0.717) is 0 Å². The van der Waals surface area contributed by atoms with E-state index >= 15 is 0 Å². The summed E-state index contributed by atoms with van der Waals surface area (Å²) in [5.41, 5.74) is -2.55. The monoisotopic (exact) mass is 540 g/mol. The van der Waals surface area contributed by atoms with Crippen LogP contribution < -0.4 is 5.32 Å². The number of phosphoric ester groups is 1. The van der Waals surface area contributed by atoms with E-state index in [1.54, 1.807) is 0 Å².